The van der Waals surface area contributed by atoms with E-state index in [9.17, 15) is 9.18 Å². The first-order chi connectivity index (χ1) is 8.08. The summed E-state index contributed by atoms with van der Waals surface area (Å²) >= 11 is 3.28. The van der Waals surface area contributed by atoms with Gasteiger partial charge >= 0.3 is 0 Å². The summed E-state index contributed by atoms with van der Waals surface area (Å²) in [6.07, 6.45) is 0. The number of carbonyl (C=O) groups excluding carboxylic acids is 1. The largest absolute Gasteiger partial charge is 0.349 e. The summed E-state index contributed by atoms with van der Waals surface area (Å²) in [5.74, 6) is -0.453. The van der Waals surface area contributed by atoms with Crippen molar-refractivity contribution in [2.24, 2.45) is 0 Å². The quantitative estimate of drug-likeness (QED) is 0.797. The fraction of sp³-hybridized carbons (Fsp3) is 0.250. The Labute approximate surface area is 106 Å². The van der Waals surface area contributed by atoms with Gasteiger partial charge in [-0.05, 0) is 25.1 Å². The molecule has 1 aliphatic rings. The average molecular weight is 297 g/mol. The fourth-order valence-electron chi connectivity index (χ4n) is 2.32. The molecule has 1 amide bonds. The molecule has 1 N–H and O–H groups in total. The highest BCUT2D eigenvalue weighted by Crippen LogP contribution is 2.30. The number of benzene rings is 1. The minimum Gasteiger partial charge on any atom is -0.349 e. The van der Waals surface area contributed by atoms with E-state index in [4.69, 9.17) is 0 Å². The smallest absolute Gasteiger partial charge is 0.268 e. The molecule has 3 rings (SSSR count). The van der Waals surface area contributed by atoms with E-state index in [1.807, 2.05) is 17.6 Å². The van der Waals surface area contributed by atoms with Gasteiger partial charge in [0.15, 0.2) is 0 Å². The number of hydrogen-bond donors (Lipinski definition) is 1. The fourth-order valence-corrected chi connectivity index (χ4v) is 2.74. The molecule has 17 heavy (non-hydrogen) atoms. The van der Waals surface area contributed by atoms with Gasteiger partial charge in [0.1, 0.15) is 11.5 Å². The van der Waals surface area contributed by atoms with Crippen LogP contribution in [0.1, 0.15) is 23.5 Å². The van der Waals surface area contributed by atoms with Crippen molar-refractivity contribution in [3.8, 4) is 0 Å². The van der Waals surface area contributed by atoms with Gasteiger partial charge in [0, 0.05) is 22.4 Å². The van der Waals surface area contributed by atoms with Gasteiger partial charge in [-0.1, -0.05) is 15.9 Å². The molecule has 2 aromatic rings. The topological polar surface area (TPSA) is 34.0 Å². The molecule has 0 spiro atoms. The molecule has 0 saturated heterocycles. The molecule has 2 heterocycles. The lowest BCUT2D eigenvalue weighted by molar-refractivity contribution is 0.0919. The first kappa shape index (κ1) is 10.8. The molecule has 0 radical (unpaired) electrons. The summed E-state index contributed by atoms with van der Waals surface area (Å²) in [7, 11) is 0. The lowest BCUT2D eigenvalue weighted by atomic mass is 10.2. The summed E-state index contributed by atoms with van der Waals surface area (Å²) in [6, 6.07) is 5.00. The van der Waals surface area contributed by atoms with Gasteiger partial charge in [0.2, 0.25) is 0 Å². The Bertz CT molecular complexity index is 635. The number of nitrogens with one attached hydrogen (secondary N) is 1. The highest BCUT2D eigenvalue weighted by Gasteiger charge is 2.25. The number of halogens is 2. The molecule has 1 aliphatic heterocycles. The Balaban J connectivity index is 2.42. The van der Waals surface area contributed by atoms with E-state index in [2.05, 4.69) is 21.2 Å². The standard InChI is InChI=1S/C12H10BrFN2O/c1-6-5-15-12(17)11-4-8-9(14)2-7(13)3-10(8)16(6)11/h2-4,6H,5H2,1H3,(H,15,17). The van der Waals surface area contributed by atoms with Gasteiger partial charge in [0.05, 0.1) is 5.52 Å². The van der Waals surface area contributed by atoms with Gasteiger partial charge in [-0.15, -0.1) is 0 Å². The van der Waals surface area contributed by atoms with Gasteiger partial charge < -0.3 is 9.88 Å². The van der Waals surface area contributed by atoms with Crippen LogP contribution < -0.4 is 5.32 Å². The minimum atomic E-state index is -0.309. The van der Waals surface area contributed by atoms with Crippen LogP contribution in [0.15, 0.2) is 22.7 Å². The van der Waals surface area contributed by atoms with E-state index in [0.717, 1.165) is 5.52 Å². The molecule has 1 aromatic heterocycles. The van der Waals surface area contributed by atoms with E-state index in [-0.39, 0.29) is 17.8 Å². The molecule has 1 aromatic carbocycles. The van der Waals surface area contributed by atoms with E-state index in [0.29, 0.717) is 22.1 Å². The predicted molar refractivity (Wildman–Crippen MR) is 66.6 cm³/mol. The van der Waals surface area contributed by atoms with Crippen molar-refractivity contribution in [3.63, 3.8) is 0 Å². The lowest BCUT2D eigenvalue weighted by Crippen LogP contribution is -2.37. The van der Waals surface area contributed by atoms with Gasteiger partial charge in [-0.3, -0.25) is 4.79 Å². The number of carbonyl (C=O) groups is 1. The van der Waals surface area contributed by atoms with E-state index >= 15 is 0 Å². The van der Waals surface area contributed by atoms with E-state index in [1.165, 1.54) is 6.07 Å². The van der Waals surface area contributed by atoms with Crippen LogP contribution in [0, 0.1) is 5.82 Å². The molecule has 0 aliphatic carbocycles. The maximum absolute atomic E-state index is 13.8. The summed E-state index contributed by atoms with van der Waals surface area (Å²) in [5, 5.41) is 3.28. The zero-order valence-electron chi connectivity index (χ0n) is 9.13. The number of aromatic nitrogens is 1. The van der Waals surface area contributed by atoms with Crippen LogP contribution >= 0.6 is 15.9 Å². The van der Waals surface area contributed by atoms with Crippen molar-refractivity contribution in [1.82, 2.24) is 9.88 Å². The summed E-state index contributed by atoms with van der Waals surface area (Å²) in [6.45, 7) is 2.57. The molecule has 0 fully saturated rings. The molecule has 88 valence electrons. The van der Waals surface area contributed by atoms with Crippen molar-refractivity contribution < 1.29 is 9.18 Å². The molecular formula is C12H10BrFN2O. The Hall–Kier alpha value is -1.36. The number of amides is 1. The number of nitrogens with zero attached hydrogens (tertiary/aromatic N) is 1. The minimum absolute atomic E-state index is 0.133. The first-order valence-corrected chi connectivity index (χ1v) is 6.15. The first-order valence-electron chi connectivity index (χ1n) is 5.36. The maximum Gasteiger partial charge on any atom is 0.268 e. The predicted octanol–water partition coefficient (Wildman–Crippen LogP) is 2.85. The molecular weight excluding hydrogens is 287 g/mol. The Kier molecular flexibility index (Phi) is 2.26. The van der Waals surface area contributed by atoms with Crippen LogP contribution in [0.4, 0.5) is 4.39 Å². The van der Waals surface area contributed by atoms with Crippen LogP contribution in [-0.2, 0) is 0 Å². The Morgan fingerprint density at radius 2 is 2.24 bits per heavy atom. The third kappa shape index (κ3) is 1.49. The number of fused-ring (bicyclic) bond motifs is 3. The highest BCUT2D eigenvalue weighted by molar-refractivity contribution is 9.10. The molecule has 5 heteroatoms. The molecule has 0 bridgehead atoms. The van der Waals surface area contributed by atoms with Crippen molar-refractivity contribution in [3.05, 3.63) is 34.2 Å². The molecule has 1 unspecified atom stereocenters. The lowest BCUT2D eigenvalue weighted by Gasteiger charge is -2.24. The third-order valence-electron chi connectivity index (χ3n) is 3.10. The van der Waals surface area contributed by atoms with E-state index < -0.39 is 0 Å². The molecule has 3 nitrogen and oxygen atoms in total. The van der Waals surface area contributed by atoms with Crippen molar-refractivity contribution in [2.75, 3.05) is 6.54 Å². The SMILES string of the molecule is CC1CNC(=O)c2cc3c(F)cc(Br)cc3n21. The third-order valence-corrected chi connectivity index (χ3v) is 3.56. The van der Waals surface area contributed by atoms with Gasteiger partial charge in [0.25, 0.3) is 5.91 Å². The molecule has 1 atom stereocenters. The van der Waals surface area contributed by atoms with Crippen LogP contribution in [-0.4, -0.2) is 17.0 Å². The monoisotopic (exact) mass is 296 g/mol. The second-order valence-corrected chi connectivity index (χ2v) is 5.19. The van der Waals surface area contributed by atoms with Crippen LogP contribution in [0.2, 0.25) is 0 Å². The second kappa shape index (κ2) is 3.57. The van der Waals surface area contributed by atoms with Gasteiger partial charge in [-0.25, -0.2) is 4.39 Å². The van der Waals surface area contributed by atoms with E-state index in [1.54, 1.807) is 6.07 Å². The Morgan fingerprint density at radius 3 is 3.00 bits per heavy atom. The van der Waals surface area contributed by atoms with Gasteiger partial charge in [-0.2, -0.15) is 0 Å². The summed E-state index contributed by atoms with van der Waals surface area (Å²) < 4.78 is 16.4. The van der Waals surface area contributed by atoms with Crippen LogP contribution in [0.3, 0.4) is 0 Å². The summed E-state index contributed by atoms with van der Waals surface area (Å²) in [4.78, 5) is 11.7. The highest BCUT2D eigenvalue weighted by atomic mass is 79.9. The molecule has 0 saturated carbocycles. The van der Waals surface area contributed by atoms with Crippen LogP contribution in [0.25, 0.3) is 10.9 Å². The van der Waals surface area contributed by atoms with Crippen molar-refractivity contribution >= 4 is 32.7 Å². The summed E-state index contributed by atoms with van der Waals surface area (Å²) in [5.41, 5.74) is 1.28. The van der Waals surface area contributed by atoms with Crippen molar-refractivity contribution in [2.45, 2.75) is 13.0 Å². The number of rotatable bonds is 0. The zero-order chi connectivity index (χ0) is 12.2. The second-order valence-electron chi connectivity index (χ2n) is 4.28. The average Bonchev–Trinajstić information content (AvgIpc) is 2.64. The maximum atomic E-state index is 13.8. The van der Waals surface area contributed by atoms with Crippen LogP contribution in [0.5, 0.6) is 0 Å². The zero-order valence-corrected chi connectivity index (χ0v) is 10.7. The normalized spacial score (nSPS) is 19.2. The number of hydrogen-bond acceptors (Lipinski definition) is 1. The Morgan fingerprint density at radius 1 is 1.47 bits per heavy atom. The van der Waals surface area contributed by atoms with Crippen molar-refractivity contribution in [1.29, 1.82) is 0 Å².